The van der Waals surface area contributed by atoms with Gasteiger partial charge in [-0.2, -0.15) is 5.26 Å². The lowest BCUT2D eigenvalue weighted by atomic mass is 9.91. The molecule has 2 N–H and O–H groups in total. The van der Waals surface area contributed by atoms with Crippen molar-refractivity contribution in [2.24, 2.45) is 10.7 Å². The Kier molecular flexibility index (Phi) is 6.86. The number of ether oxygens (including phenoxy) is 3. The summed E-state index contributed by atoms with van der Waals surface area (Å²) in [5.41, 5.74) is 8.50. The number of methoxy groups -OCH3 is 2. The molecule has 34 heavy (non-hydrogen) atoms. The number of hydrogen-bond donors (Lipinski definition) is 1. The van der Waals surface area contributed by atoms with Gasteiger partial charge in [0.25, 0.3) is 0 Å². The van der Waals surface area contributed by atoms with E-state index in [2.05, 4.69) is 22.0 Å². The lowest BCUT2D eigenvalue weighted by molar-refractivity contribution is -0.139. The number of benzene rings is 2. The smallest absolute Gasteiger partial charge is 0.338 e. The standard InChI is InChI=1S/C24H21BrN4O4S/c1-4-33-23(30)19-20(13-8-6-5-7-9-13)28-24-29(22(27)18(12-26)34-24)21(19)14-10-15(25)17(32-3)11-16(14)31-2/h5-11,21H,4,27H2,1-3H3/t21-/m0/s1. The number of carbonyl (C=O) groups is 1. The third kappa shape index (κ3) is 4.02. The minimum atomic E-state index is -0.766. The third-order valence-corrected chi connectivity index (χ3v) is 6.92. The number of nitriles is 1. The van der Waals surface area contributed by atoms with Crippen LogP contribution in [0.1, 0.15) is 24.1 Å². The Balaban J connectivity index is 2.06. The van der Waals surface area contributed by atoms with Crippen LogP contribution in [0.25, 0.3) is 5.70 Å². The fourth-order valence-corrected chi connectivity index (χ4v) is 5.24. The van der Waals surface area contributed by atoms with Crippen LogP contribution in [0.5, 0.6) is 11.5 Å². The summed E-state index contributed by atoms with van der Waals surface area (Å²) in [5.74, 6) is 0.710. The van der Waals surface area contributed by atoms with Crippen LogP contribution in [-0.4, -0.2) is 36.9 Å². The molecule has 2 aliphatic rings. The Hall–Kier alpha value is -3.42. The highest BCUT2D eigenvalue weighted by Crippen LogP contribution is 2.50. The highest BCUT2D eigenvalue weighted by atomic mass is 79.9. The van der Waals surface area contributed by atoms with Gasteiger partial charge in [0.2, 0.25) is 0 Å². The molecule has 0 spiro atoms. The van der Waals surface area contributed by atoms with Gasteiger partial charge >= 0.3 is 5.97 Å². The molecule has 0 saturated heterocycles. The Labute approximate surface area is 209 Å². The summed E-state index contributed by atoms with van der Waals surface area (Å²) in [5, 5.41) is 10.1. The van der Waals surface area contributed by atoms with Crippen molar-refractivity contribution >= 4 is 44.5 Å². The molecule has 0 aromatic heterocycles. The van der Waals surface area contributed by atoms with Gasteiger partial charge in [-0.05, 0) is 40.7 Å². The number of esters is 1. The highest BCUT2D eigenvalue weighted by molar-refractivity contribution is 9.10. The van der Waals surface area contributed by atoms with Crippen LogP contribution >= 0.6 is 27.7 Å². The summed E-state index contributed by atoms with van der Waals surface area (Å²) in [7, 11) is 3.09. The van der Waals surface area contributed by atoms with Crippen molar-refractivity contribution in [1.82, 2.24) is 4.90 Å². The molecule has 1 atom stereocenters. The van der Waals surface area contributed by atoms with Gasteiger partial charge in [-0.15, -0.1) is 0 Å². The zero-order valence-electron chi connectivity index (χ0n) is 18.7. The molecule has 0 unspecified atom stereocenters. The Bertz CT molecular complexity index is 1280. The van der Waals surface area contributed by atoms with E-state index in [0.717, 1.165) is 17.3 Å². The summed E-state index contributed by atoms with van der Waals surface area (Å²) in [6, 6.07) is 14.3. The number of amidine groups is 1. The first kappa shape index (κ1) is 23.7. The Morgan fingerprint density at radius 3 is 2.56 bits per heavy atom. The van der Waals surface area contributed by atoms with E-state index in [1.807, 2.05) is 36.4 Å². The molecule has 0 bridgehead atoms. The number of carbonyl (C=O) groups excluding carboxylic acids is 1. The maximum Gasteiger partial charge on any atom is 0.338 e. The number of fused-ring (bicyclic) bond motifs is 1. The minimum Gasteiger partial charge on any atom is -0.496 e. The van der Waals surface area contributed by atoms with E-state index in [4.69, 9.17) is 24.9 Å². The first-order valence-corrected chi connectivity index (χ1v) is 11.9. The lowest BCUT2D eigenvalue weighted by Crippen LogP contribution is -2.39. The van der Waals surface area contributed by atoms with Gasteiger partial charge in [0, 0.05) is 17.2 Å². The molecule has 0 radical (unpaired) electrons. The van der Waals surface area contributed by atoms with E-state index >= 15 is 0 Å². The molecule has 2 aliphatic heterocycles. The predicted molar refractivity (Wildman–Crippen MR) is 134 cm³/mol. The highest BCUT2D eigenvalue weighted by Gasteiger charge is 2.45. The molecule has 2 aromatic rings. The average molecular weight is 541 g/mol. The molecule has 10 heteroatoms. The zero-order valence-corrected chi connectivity index (χ0v) is 21.1. The topological polar surface area (TPSA) is 110 Å². The summed E-state index contributed by atoms with van der Waals surface area (Å²) < 4.78 is 17.3. The molecule has 0 aliphatic carbocycles. The summed E-state index contributed by atoms with van der Waals surface area (Å²) in [6.45, 7) is 1.92. The van der Waals surface area contributed by atoms with Gasteiger partial charge in [-0.1, -0.05) is 30.3 Å². The summed E-state index contributed by atoms with van der Waals surface area (Å²) >= 11 is 4.69. The monoisotopic (exact) mass is 540 g/mol. The van der Waals surface area contributed by atoms with Crippen molar-refractivity contribution in [2.45, 2.75) is 13.0 Å². The second kappa shape index (κ2) is 9.83. The largest absolute Gasteiger partial charge is 0.496 e. The van der Waals surface area contributed by atoms with E-state index in [0.29, 0.717) is 37.3 Å². The van der Waals surface area contributed by atoms with Crippen LogP contribution in [0.4, 0.5) is 0 Å². The van der Waals surface area contributed by atoms with Crippen molar-refractivity contribution in [3.63, 3.8) is 0 Å². The normalized spacial score (nSPS) is 17.2. The molecule has 0 saturated carbocycles. The van der Waals surface area contributed by atoms with Crippen molar-refractivity contribution in [3.8, 4) is 17.6 Å². The van der Waals surface area contributed by atoms with E-state index < -0.39 is 12.0 Å². The van der Waals surface area contributed by atoms with Crippen LogP contribution in [0.3, 0.4) is 0 Å². The molecule has 4 rings (SSSR count). The second-order valence-corrected chi connectivity index (χ2v) is 9.00. The first-order valence-electron chi connectivity index (χ1n) is 10.3. The van der Waals surface area contributed by atoms with Crippen molar-refractivity contribution in [2.75, 3.05) is 20.8 Å². The van der Waals surface area contributed by atoms with Crippen molar-refractivity contribution < 1.29 is 19.0 Å². The number of nitrogens with two attached hydrogens (primary N) is 1. The van der Waals surface area contributed by atoms with Crippen LogP contribution in [0.2, 0.25) is 0 Å². The minimum absolute atomic E-state index is 0.181. The van der Waals surface area contributed by atoms with E-state index in [1.165, 1.54) is 7.11 Å². The van der Waals surface area contributed by atoms with Crippen LogP contribution in [0.15, 0.2) is 68.2 Å². The number of aliphatic imine (C=N–C) groups is 1. The first-order chi connectivity index (χ1) is 16.4. The number of hydrogen-bond acceptors (Lipinski definition) is 9. The number of nitrogens with zero attached hydrogens (tertiary/aromatic N) is 3. The molecule has 174 valence electrons. The predicted octanol–water partition coefficient (Wildman–Crippen LogP) is 4.55. The molecular formula is C24H21BrN4O4S. The van der Waals surface area contributed by atoms with E-state index in [-0.39, 0.29) is 18.0 Å². The Morgan fingerprint density at radius 2 is 1.94 bits per heavy atom. The van der Waals surface area contributed by atoms with Crippen LogP contribution in [-0.2, 0) is 9.53 Å². The number of rotatable bonds is 6. The van der Waals surface area contributed by atoms with E-state index in [9.17, 15) is 10.1 Å². The van der Waals surface area contributed by atoms with Crippen molar-refractivity contribution in [1.29, 1.82) is 5.26 Å². The SMILES string of the molecule is CCOC(=O)C1=C(c2ccccc2)N=C2SC(C#N)=C(N)N2[C@H]1c1cc(Br)c(OC)cc1OC. The van der Waals surface area contributed by atoms with Gasteiger partial charge < -0.3 is 19.9 Å². The average Bonchev–Trinajstić information content (AvgIpc) is 3.18. The lowest BCUT2D eigenvalue weighted by Gasteiger charge is -2.36. The van der Waals surface area contributed by atoms with Crippen LogP contribution in [0, 0.1) is 11.3 Å². The van der Waals surface area contributed by atoms with Gasteiger partial charge in [-0.3, -0.25) is 4.90 Å². The van der Waals surface area contributed by atoms with Crippen molar-refractivity contribution in [3.05, 3.63) is 74.4 Å². The summed E-state index contributed by atoms with van der Waals surface area (Å²) in [4.78, 5) is 20.2. The number of allylic oxidation sites excluding steroid dienone is 1. The second-order valence-electron chi connectivity index (χ2n) is 7.17. The van der Waals surface area contributed by atoms with Gasteiger partial charge in [0.1, 0.15) is 34.3 Å². The molecular weight excluding hydrogens is 520 g/mol. The van der Waals surface area contributed by atoms with Gasteiger partial charge in [-0.25, -0.2) is 9.79 Å². The molecule has 2 aromatic carbocycles. The van der Waals surface area contributed by atoms with Gasteiger partial charge in [0.05, 0.1) is 36.6 Å². The molecule has 2 heterocycles. The number of halogens is 1. The number of thioether (sulfide) groups is 1. The quantitative estimate of drug-likeness (QED) is 0.531. The van der Waals surface area contributed by atoms with Crippen LogP contribution < -0.4 is 15.2 Å². The summed E-state index contributed by atoms with van der Waals surface area (Å²) in [6.07, 6.45) is 0. The molecule has 0 amide bonds. The maximum atomic E-state index is 13.4. The fourth-order valence-electron chi connectivity index (χ4n) is 3.85. The third-order valence-electron chi connectivity index (χ3n) is 5.33. The molecule has 0 fully saturated rings. The maximum absolute atomic E-state index is 13.4. The Morgan fingerprint density at radius 1 is 1.24 bits per heavy atom. The molecule has 8 nitrogen and oxygen atoms in total. The zero-order chi connectivity index (χ0) is 24.4. The van der Waals surface area contributed by atoms with Gasteiger partial charge in [0.15, 0.2) is 5.17 Å². The van der Waals surface area contributed by atoms with E-state index in [1.54, 1.807) is 25.0 Å². The fraction of sp³-hybridized carbons (Fsp3) is 0.208.